The van der Waals surface area contributed by atoms with E-state index in [1.165, 1.54) is 193 Å². The zero-order valence-corrected chi connectivity index (χ0v) is 24.8. The third kappa shape index (κ3) is 28.2. The Morgan fingerprint density at radius 1 is 0.235 bits per heavy atom. The van der Waals surface area contributed by atoms with Gasteiger partial charge in [-0.2, -0.15) is 0 Å². The summed E-state index contributed by atoms with van der Waals surface area (Å²) in [6.07, 6.45) is 44.3. The van der Waals surface area contributed by atoms with Crippen molar-refractivity contribution in [2.24, 2.45) is 5.92 Å². The van der Waals surface area contributed by atoms with Gasteiger partial charge in [-0.25, -0.2) is 0 Å². The van der Waals surface area contributed by atoms with Crippen LogP contribution in [-0.4, -0.2) is 0 Å². The molecule has 0 fully saturated rings. The highest BCUT2D eigenvalue weighted by molar-refractivity contribution is 4.62. The highest BCUT2D eigenvalue weighted by Crippen LogP contribution is 2.25. The molecule has 0 saturated carbocycles. The van der Waals surface area contributed by atoms with Crippen LogP contribution in [0.25, 0.3) is 0 Å². The Balaban J connectivity index is 3.63. The highest BCUT2D eigenvalue weighted by Gasteiger charge is 2.08. The molecule has 0 aromatic heterocycles. The summed E-state index contributed by atoms with van der Waals surface area (Å²) in [6.45, 7) is 6.97. The zero-order valence-electron chi connectivity index (χ0n) is 24.8. The molecule has 0 aliphatic heterocycles. The summed E-state index contributed by atoms with van der Waals surface area (Å²) in [5.74, 6) is 1.04. The van der Waals surface area contributed by atoms with Crippen LogP contribution in [0.15, 0.2) is 0 Å². The topological polar surface area (TPSA) is 0 Å². The van der Waals surface area contributed by atoms with Crippen molar-refractivity contribution in [2.45, 2.75) is 213 Å². The minimum absolute atomic E-state index is 1.04. The van der Waals surface area contributed by atoms with Crippen molar-refractivity contribution in [3.8, 4) is 0 Å². The molecule has 0 radical (unpaired) electrons. The molecule has 0 heteroatoms. The monoisotopic (exact) mass is 479 g/mol. The second-order valence-electron chi connectivity index (χ2n) is 11.7. The lowest BCUT2D eigenvalue weighted by atomic mass is 9.89. The Labute approximate surface area is 219 Å². The second kappa shape index (κ2) is 31.0. The second-order valence-corrected chi connectivity index (χ2v) is 11.7. The summed E-state index contributed by atoms with van der Waals surface area (Å²) >= 11 is 0. The van der Waals surface area contributed by atoms with Crippen LogP contribution in [0.3, 0.4) is 0 Å². The van der Waals surface area contributed by atoms with Gasteiger partial charge in [0.25, 0.3) is 0 Å². The molecule has 206 valence electrons. The first-order valence-corrected chi connectivity index (χ1v) is 16.8. The van der Waals surface area contributed by atoms with E-state index in [-0.39, 0.29) is 0 Å². The largest absolute Gasteiger partial charge is 0.0654 e. The minimum atomic E-state index is 1.04. The molecule has 0 saturated heterocycles. The first-order chi connectivity index (χ1) is 16.8. The molecule has 0 bridgehead atoms. The fraction of sp³-hybridized carbons (Fsp3) is 1.00. The average Bonchev–Trinajstić information content (AvgIpc) is 2.85. The lowest BCUT2D eigenvalue weighted by Gasteiger charge is -2.17. The van der Waals surface area contributed by atoms with Gasteiger partial charge in [0.05, 0.1) is 0 Å². The van der Waals surface area contributed by atoms with Crippen LogP contribution >= 0.6 is 0 Å². The number of unbranched alkanes of at least 4 members (excludes halogenated alkanes) is 24. The van der Waals surface area contributed by atoms with Gasteiger partial charge in [0.15, 0.2) is 0 Å². The standard InChI is InChI=1S/C34H70/c1-4-7-10-13-15-17-18-19-20-21-23-25-27-30-33-34(31-28-12-9-6-3)32-29-26-24-22-16-14-11-8-5-2/h34H,4-33H2,1-3H3. The summed E-state index contributed by atoms with van der Waals surface area (Å²) in [4.78, 5) is 0. The fourth-order valence-corrected chi connectivity index (χ4v) is 5.66. The van der Waals surface area contributed by atoms with Crippen molar-refractivity contribution < 1.29 is 0 Å². The molecule has 0 rings (SSSR count). The van der Waals surface area contributed by atoms with E-state index < -0.39 is 0 Å². The summed E-state index contributed by atoms with van der Waals surface area (Å²) < 4.78 is 0. The van der Waals surface area contributed by atoms with E-state index in [4.69, 9.17) is 0 Å². The van der Waals surface area contributed by atoms with Gasteiger partial charge in [0.1, 0.15) is 0 Å². The quantitative estimate of drug-likeness (QED) is 0.0900. The van der Waals surface area contributed by atoms with Crippen molar-refractivity contribution in [1.82, 2.24) is 0 Å². The molecule has 0 aliphatic rings. The Morgan fingerprint density at radius 2 is 0.412 bits per heavy atom. The predicted molar refractivity (Wildman–Crippen MR) is 159 cm³/mol. The summed E-state index contributed by atoms with van der Waals surface area (Å²) in [5, 5.41) is 0. The Kier molecular flexibility index (Phi) is 31.0. The maximum absolute atomic E-state index is 2.34. The summed E-state index contributed by atoms with van der Waals surface area (Å²) in [5.41, 5.74) is 0. The molecule has 0 aromatic carbocycles. The summed E-state index contributed by atoms with van der Waals surface area (Å²) in [7, 11) is 0. The van der Waals surface area contributed by atoms with Gasteiger partial charge in [0.2, 0.25) is 0 Å². The Bertz CT molecular complexity index is 333. The van der Waals surface area contributed by atoms with Crippen molar-refractivity contribution in [1.29, 1.82) is 0 Å². The highest BCUT2D eigenvalue weighted by atomic mass is 14.1. The van der Waals surface area contributed by atoms with Crippen LogP contribution in [0.1, 0.15) is 213 Å². The molecule has 0 nitrogen and oxygen atoms in total. The van der Waals surface area contributed by atoms with Crippen LogP contribution in [0, 0.1) is 5.92 Å². The van der Waals surface area contributed by atoms with E-state index in [1.54, 1.807) is 0 Å². The molecule has 1 unspecified atom stereocenters. The number of hydrogen-bond acceptors (Lipinski definition) is 0. The lowest BCUT2D eigenvalue weighted by molar-refractivity contribution is 0.366. The third-order valence-electron chi connectivity index (χ3n) is 8.15. The van der Waals surface area contributed by atoms with E-state index in [0.717, 1.165) is 5.92 Å². The maximum atomic E-state index is 2.34. The SMILES string of the molecule is CCCCCCCCCCCCCCCCC(CCCCCC)CCCCCCCCCCC. The number of hydrogen-bond donors (Lipinski definition) is 0. The molecule has 0 spiro atoms. The molecular weight excluding hydrogens is 408 g/mol. The normalized spacial score (nSPS) is 12.4. The molecule has 0 N–H and O–H groups in total. The Hall–Kier alpha value is 0. The Morgan fingerprint density at radius 3 is 0.647 bits per heavy atom. The van der Waals surface area contributed by atoms with Gasteiger partial charge >= 0.3 is 0 Å². The van der Waals surface area contributed by atoms with Gasteiger partial charge < -0.3 is 0 Å². The number of rotatable bonds is 30. The lowest BCUT2D eigenvalue weighted by Crippen LogP contribution is -2.01. The van der Waals surface area contributed by atoms with E-state index in [9.17, 15) is 0 Å². The third-order valence-corrected chi connectivity index (χ3v) is 8.15. The molecule has 0 amide bonds. The van der Waals surface area contributed by atoms with Crippen molar-refractivity contribution in [3.63, 3.8) is 0 Å². The fourth-order valence-electron chi connectivity index (χ4n) is 5.66. The van der Waals surface area contributed by atoms with Gasteiger partial charge in [-0.05, 0) is 5.92 Å². The van der Waals surface area contributed by atoms with Crippen molar-refractivity contribution in [3.05, 3.63) is 0 Å². The van der Waals surface area contributed by atoms with E-state index in [2.05, 4.69) is 20.8 Å². The predicted octanol–water partition coefficient (Wildman–Crippen LogP) is 13.4. The average molecular weight is 479 g/mol. The minimum Gasteiger partial charge on any atom is -0.0654 e. The van der Waals surface area contributed by atoms with Gasteiger partial charge in [-0.15, -0.1) is 0 Å². The van der Waals surface area contributed by atoms with Crippen molar-refractivity contribution >= 4 is 0 Å². The smallest absolute Gasteiger partial charge is 0.0414 e. The molecule has 34 heavy (non-hydrogen) atoms. The first kappa shape index (κ1) is 34.0. The van der Waals surface area contributed by atoms with Crippen LogP contribution in [0.5, 0.6) is 0 Å². The van der Waals surface area contributed by atoms with Crippen LogP contribution < -0.4 is 0 Å². The van der Waals surface area contributed by atoms with Crippen LogP contribution in [0.2, 0.25) is 0 Å². The molecule has 0 aromatic rings. The van der Waals surface area contributed by atoms with Crippen LogP contribution in [-0.2, 0) is 0 Å². The molecule has 1 atom stereocenters. The molecular formula is C34H70. The molecule has 0 heterocycles. The van der Waals surface area contributed by atoms with Crippen LogP contribution in [0.4, 0.5) is 0 Å². The zero-order chi connectivity index (χ0) is 24.8. The van der Waals surface area contributed by atoms with E-state index >= 15 is 0 Å². The van der Waals surface area contributed by atoms with Gasteiger partial charge in [-0.3, -0.25) is 0 Å². The van der Waals surface area contributed by atoms with E-state index in [1.807, 2.05) is 0 Å². The van der Waals surface area contributed by atoms with Gasteiger partial charge in [-0.1, -0.05) is 213 Å². The maximum Gasteiger partial charge on any atom is -0.0414 e. The first-order valence-electron chi connectivity index (χ1n) is 16.8. The van der Waals surface area contributed by atoms with E-state index in [0.29, 0.717) is 0 Å². The summed E-state index contributed by atoms with van der Waals surface area (Å²) in [6, 6.07) is 0. The van der Waals surface area contributed by atoms with Crippen molar-refractivity contribution in [2.75, 3.05) is 0 Å². The van der Waals surface area contributed by atoms with Gasteiger partial charge in [0, 0.05) is 0 Å². The molecule has 0 aliphatic carbocycles.